The van der Waals surface area contributed by atoms with Crippen LogP contribution < -0.4 is 5.32 Å². The summed E-state index contributed by atoms with van der Waals surface area (Å²) >= 11 is 0. The summed E-state index contributed by atoms with van der Waals surface area (Å²) in [5, 5.41) is 5.64. The predicted molar refractivity (Wildman–Crippen MR) is 82.4 cm³/mol. The summed E-state index contributed by atoms with van der Waals surface area (Å²) in [6.07, 6.45) is 0. The minimum atomic E-state index is -0.223. The first-order valence-electron chi connectivity index (χ1n) is 6.74. The van der Waals surface area contributed by atoms with Gasteiger partial charge in [-0.3, -0.25) is 0 Å². The Labute approximate surface area is 118 Å². The van der Waals surface area contributed by atoms with Gasteiger partial charge in [-0.1, -0.05) is 54.6 Å². The van der Waals surface area contributed by atoms with E-state index in [2.05, 4.69) is 29.6 Å². The summed E-state index contributed by atoms with van der Waals surface area (Å²) in [7, 11) is 0. The Balaban J connectivity index is 1.97. The van der Waals surface area contributed by atoms with Crippen LogP contribution in [0.4, 0.5) is 10.1 Å². The monoisotopic (exact) mass is 265 g/mol. The maximum absolute atomic E-state index is 13.7. The largest absolute Gasteiger partial charge is 0.376 e. The minimum absolute atomic E-state index is 0.0398. The molecular formula is C18H16FN. The fraction of sp³-hybridized carbons (Fsp3) is 0.111. The lowest BCUT2D eigenvalue weighted by Crippen LogP contribution is -2.08. The molecule has 1 nitrogen and oxygen atoms in total. The van der Waals surface area contributed by atoms with Gasteiger partial charge in [-0.15, -0.1) is 0 Å². The Morgan fingerprint density at radius 3 is 2.40 bits per heavy atom. The van der Waals surface area contributed by atoms with E-state index < -0.39 is 0 Å². The van der Waals surface area contributed by atoms with Gasteiger partial charge < -0.3 is 5.32 Å². The SMILES string of the molecule is CC(Nc1ccccc1F)c1cccc2ccccc12. The molecule has 1 atom stereocenters. The fourth-order valence-electron chi connectivity index (χ4n) is 2.52. The van der Waals surface area contributed by atoms with Gasteiger partial charge in [0.15, 0.2) is 0 Å². The molecule has 0 heterocycles. The van der Waals surface area contributed by atoms with Gasteiger partial charge in [0.1, 0.15) is 5.82 Å². The highest BCUT2D eigenvalue weighted by Gasteiger charge is 2.10. The van der Waals surface area contributed by atoms with Gasteiger partial charge in [-0.2, -0.15) is 0 Å². The summed E-state index contributed by atoms with van der Waals surface area (Å²) in [6, 6.07) is 21.3. The Kier molecular flexibility index (Phi) is 3.38. The quantitative estimate of drug-likeness (QED) is 0.690. The lowest BCUT2D eigenvalue weighted by molar-refractivity contribution is 0.627. The van der Waals surface area contributed by atoms with E-state index in [9.17, 15) is 4.39 Å². The number of hydrogen-bond acceptors (Lipinski definition) is 1. The van der Waals surface area contributed by atoms with Gasteiger partial charge >= 0.3 is 0 Å². The highest BCUT2D eigenvalue weighted by atomic mass is 19.1. The molecule has 3 rings (SSSR count). The molecule has 0 fully saturated rings. The van der Waals surface area contributed by atoms with Crippen LogP contribution in [0.25, 0.3) is 10.8 Å². The van der Waals surface area contributed by atoms with Crippen LogP contribution in [0.5, 0.6) is 0 Å². The van der Waals surface area contributed by atoms with Crippen molar-refractivity contribution in [3.05, 3.63) is 78.1 Å². The molecule has 20 heavy (non-hydrogen) atoms. The molecule has 1 unspecified atom stereocenters. The van der Waals surface area contributed by atoms with E-state index in [0.29, 0.717) is 5.69 Å². The maximum atomic E-state index is 13.7. The third kappa shape index (κ3) is 2.37. The summed E-state index contributed by atoms with van der Waals surface area (Å²) in [5.74, 6) is -0.223. The first-order chi connectivity index (χ1) is 9.75. The smallest absolute Gasteiger partial charge is 0.146 e. The zero-order valence-corrected chi connectivity index (χ0v) is 11.3. The molecule has 0 aromatic heterocycles. The van der Waals surface area contributed by atoms with Crippen molar-refractivity contribution in [3.8, 4) is 0 Å². The van der Waals surface area contributed by atoms with Crippen molar-refractivity contribution in [2.45, 2.75) is 13.0 Å². The molecule has 0 bridgehead atoms. The Bertz CT molecular complexity index is 731. The topological polar surface area (TPSA) is 12.0 Å². The van der Waals surface area contributed by atoms with Gasteiger partial charge in [0.05, 0.1) is 5.69 Å². The molecular weight excluding hydrogens is 249 g/mol. The molecule has 0 spiro atoms. The number of hydrogen-bond donors (Lipinski definition) is 1. The molecule has 0 saturated heterocycles. The van der Waals surface area contributed by atoms with E-state index >= 15 is 0 Å². The molecule has 0 aliphatic rings. The molecule has 100 valence electrons. The van der Waals surface area contributed by atoms with Gasteiger partial charge in [-0.25, -0.2) is 4.39 Å². The number of fused-ring (bicyclic) bond motifs is 1. The number of benzene rings is 3. The van der Waals surface area contributed by atoms with Gasteiger partial charge in [0.2, 0.25) is 0 Å². The number of anilines is 1. The van der Waals surface area contributed by atoms with Gasteiger partial charge in [0, 0.05) is 6.04 Å². The standard InChI is InChI=1S/C18H16FN/c1-13(20-18-12-5-4-11-17(18)19)15-10-6-8-14-7-2-3-9-16(14)15/h2-13,20H,1H3. The van der Waals surface area contributed by atoms with E-state index in [4.69, 9.17) is 0 Å². The molecule has 0 aliphatic heterocycles. The Morgan fingerprint density at radius 1 is 0.850 bits per heavy atom. The summed E-state index contributed by atoms with van der Waals surface area (Å²) in [6.45, 7) is 2.05. The Morgan fingerprint density at radius 2 is 1.55 bits per heavy atom. The van der Waals surface area contributed by atoms with E-state index in [1.165, 1.54) is 22.4 Å². The maximum Gasteiger partial charge on any atom is 0.146 e. The first kappa shape index (κ1) is 12.7. The zero-order chi connectivity index (χ0) is 13.9. The van der Waals surface area contributed by atoms with Crippen molar-refractivity contribution in [2.24, 2.45) is 0 Å². The fourth-order valence-corrected chi connectivity index (χ4v) is 2.52. The molecule has 2 heteroatoms. The van der Waals surface area contributed by atoms with Crippen molar-refractivity contribution < 1.29 is 4.39 Å². The Hall–Kier alpha value is -2.35. The van der Waals surface area contributed by atoms with Crippen molar-refractivity contribution in [1.29, 1.82) is 0 Å². The molecule has 0 saturated carbocycles. The second-order valence-corrected chi connectivity index (χ2v) is 4.91. The third-order valence-electron chi connectivity index (χ3n) is 3.54. The molecule has 0 aliphatic carbocycles. The van der Waals surface area contributed by atoms with Crippen LogP contribution in [0, 0.1) is 5.82 Å². The van der Waals surface area contributed by atoms with Crippen molar-refractivity contribution in [1.82, 2.24) is 0 Å². The van der Waals surface area contributed by atoms with Crippen LogP contribution in [0.3, 0.4) is 0 Å². The van der Waals surface area contributed by atoms with Crippen LogP contribution >= 0.6 is 0 Å². The normalized spacial score (nSPS) is 12.3. The van der Waals surface area contributed by atoms with Crippen LogP contribution in [0.2, 0.25) is 0 Å². The highest BCUT2D eigenvalue weighted by Crippen LogP contribution is 2.27. The molecule has 3 aromatic carbocycles. The second kappa shape index (κ2) is 5.33. The number of rotatable bonds is 3. The zero-order valence-electron chi connectivity index (χ0n) is 11.3. The summed E-state index contributed by atoms with van der Waals surface area (Å²) < 4.78 is 13.7. The van der Waals surface area contributed by atoms with Crippen molar-refractivity contribution >= 4 is 16.5 Å². The predicted octanol–water partition coefficient (Wildman–Crippen LogP) is 5.15. The molecule has 0 amide bonds. The number of halogens is 1. The minimum Gasteiger partial charge on any atom is -0.376 e. The lowest BCUT2D eigenvalue weighted by atomic mass is 9.99. The molecule has 3 aromatic rings. The van der Waals surface area contributed by atoms with Gasteiger partial charge in [0.25, 0.3) is 0 Å². The number of para-hydroxylation sites is 1. The van der Waals surface area contributed by atoms with Crippen LogP contribution in [0.1, 0.15) is 18.5 Å². The average molecular weight is 265 g/mol. The molecule has 1 N–H and O–H groups in total. The van der Waals surface area contributed by atoms with E-state index in [1.54, 1.807) is 12.1 Å². The van der Waals surface area contributed by atoms with Gasteiger partial charge in [-0.05, 0) is 35.4 Å². The van der Waals surface area contributed by atoms with Crippen molar-refractivity contribution in [2.75, 3.05) is 5.32 Å². The number of nitrogens with one attached hydrogen (secondary N) is 1. The van der Waals surface area contributed by atoms with E-state index in [0.717, 1.165) is 0 Å². The van der Waals surface area contributed by atoms with E-state index in [1.807, 2.05) is 31.2 Å². The van der Waals surface area contributed by atoms with Crippen molar-refractivity contribution in [3.63, 3.8) is 0 Å². The second-order valence-electron chi connectivity index (χ2n) is 4.91. The lowest BCUT2D eigenvalue weighted by Gasteiger charge is -2.18. The van der Waals surface area contributed by atoms with Crippen LogP contribution in [-0.2, 0) is 0 Å². The first-order valence-corrected chi connectivity index (χ1v) is 6.74. The third-order valence-corrected chi connectivity index (χ3v) is 3.54. The molecule has 0 radical (unpaired) electrons. The van der Waals surface area contributed by atoms with E-state index in [-0.39, 0.29) is 11.9 Å². The summed E-state index contributed by atoms with van der Waals surface area (Å²) in [4.78, 5) is 0. The van der Waals surface area contributed by atoms with Crippen LogP contribution in [-0.4, -0.2) is 0 Å². The highest BCUT2D eigenvalue weighted by molar-refractivity contribution is 5.86. The van der Waals surface area contributed by atoms with Crippen LogP contribution in [0.15, 0.2) is 66.7 Å². The average Bonchev–Trinajstić information content (AvgIpc) is 2.49. The summed E-state index contributed by atoms with van der Waals surface area (Å²) in [5.41, 5.74) is 1.71.